The van der Waals surface area contributed by atoms with Crippen LogP contribution in [0.5, 0.6) is 5.75 Å². The molecular weight excluding hydrogens is 348 g/mol. The molecule has 2 aromatic rings. The molecule has 4 nitrogen and oxygen atoms in total. The summed E-state index contributed by atoms with van der Waals surface area (Å²) in [6.45, 7) is 1.83. The summed E-state index contributed by atoms with van der Waals surface area (Å²) < 4.78 is 29.6. The number of aryl methyl sites for hydroxylation is 1. The average molecular weight is 368 g/mol. The number of ether oxygens (including phenoxy) is 1. The number of aliphatic imine (C=N–C) groups is 1. The summed E-state index contributed by atoms with van der Waals surface area (Å²) in [7, 11) is 1.91. The molecule has 0 radical (unpaired) electrons. The molecule has 0 saturated carbocycles. The van der Waals surface area contributed by atoms with E-state index >= 15 is 0 Å². The van der Waals surface area contributed by atoms with Gasteiger partial charge < -0.3 is 15.0 Å². The molecule has 2 rings (SSSR count). The molecule has 2 aromatic carbocycles. The van der Waals surface area contributed by atoms with Crippen molar-refractivity contribution in [1.29, 1.82) is 0 Å². The first-order valence-electron chi connectivity index (χ1n) is 7.76. The molecule has 0 spiro atoms. The minimum atomic E-state index is -2.90. The Hall–Kier alpha value is -2.34. The summed E-state index contributed by atoms with van der Waals surface area (Å²) >= 11 is 6.43. The third-order valence-corrected chi connectivity index (χ3v) is 3.86. The van der Waals surface area contributed by atoms with Crippen LogP contribution in [0, 0.1) is 6.92 Å². The second-order valence-electron chi connectivity index (χ2n) is 5.46. The van der Waals surface area contributed by atoms with Crippen LogP contribution in [-0.2, 0) is 0 Å². The lowest BCUT2D eigenvalue weighted by Crippen LogP contribution is -2.14. The van der Waals surface area contributed by atoms with Crippen molar-refractivity contribution in [1.82, 2.24) is 4.90 Å². The molecule has 0 aliphatic carbocycles. The number of nitrogens with zero attached hydrogens (tertiary/aromatic N) is 2. The summed E-state index contributed by atoms with van der Waals surface area (Å²) in [5, 5.41) is 3.45. The molecule has 0 aliphatic heterocycles. The van der Waals surface area contributed by atoms with Crippen LogP contribution >= 0.6 is 11.6 Å². The largest absolute Gasteiger partial charge is 0.433 e. The first kappa shape index (κ1) is 19.0. The van der Waals surface area contributed by atoms with Crippen LogP contribution in [0.3, 0.4) is 0 Å². The second-order valence-corrected chi connectivity index (χ2v) is 5.84. The Morgan fingerprint density at radius 2 is 2.00 bits per heavy atom. The van der Waals surface area contributed by atoms with E-state index in [1.54, 1.807) is 24.5 Å². The number of alkyl halides is 2. The second kappa shape index (κ2) is 8.67. The average Bonchev–Trinajstić information content (AvgIpc) is 2.57. The summed E-state index contributed by atoms with van der Waals surface area (Å²) in [6.07, 6.45) is 1.69. The topological polar surface area (TPSA) is 36.9 Å². The Kier molecular flexibility index (Phi) is 6.58. The van der Waals surface area contributed by atoms with Gasteiger partial charge in [-0.25, -0.2) is 4.99 Å². The third-order valence-electron chi connectivity index (χ3n) is 3.46. The van der Waals surface area contributed by atoms with Gasteiger partial charge >= 0.3 is 6.61 Å². The Balaban J connectivity index is 2.35. The molecule has 0 saturated heterocycles. The molecule has 25 heavy (non-hydrogen) atoms. The summed E-state index contributed by atoms with van der Waals surface area (Å²) in [6, 6.07) is 10.1. The normalized spacial score (nSPS) is 11.2. The third kappa shape index (κ3) is 5.32. The van der Waals surface area contributed by atoms with Crippen molar-refractivity contribution >= 4 is 35.0 Å². The van der Waals surface area contributed by atoms with Crippen molar-refractivity contribution in [2.45, 2.75) is 20.5 Å². The fraction of sp³-hybridized carbons (Fsp3) is 0.278. The SMILES string of the molecule is CCN(C)C=Nc1cc(C)cc(Nc2ccccc2OC(F)F)c1Cl. The number of nitrogens with one attached hydrogen (secondary N) is 1. The van der Waals surface area contributed by atoms with Crippen LogP contribution in [0.1, 0.15) is 12.5 Å². The molecule has 0 unspecified atom stereocenters. The highest BCUT2D eigenvalue weighted by atomic mass is 35.5. The highest BCUT2D eigenvalue weighted by Gasteiger charge is 2.12. The molecule has 7 heteroatoms. The van der Waals surface area contributed by atoms with Crippen LogP contribution in [-0.4, -0.2) is 31.4 Å². The Morgan fingerprint density at radius 1 is 1.28 bits per heavy atom. The van der Waals surface area contributed by atoms with Crippen molar-refractivity contribution in [3.05, 3.63) is 47.0 Å². The molecule has 0 bridgehead atoms. The zero-order chi connectivity index (χ0) is 18.4. The van der Waals surface area contributed by atoms with Gasteiger partial charge in [0.05, 0.1) is 28.4 Å². The van der Waals surface area contributed by atoms with Crippen molar-refractivity contribution in [2.75, 3.05) is 18.9 Å². The first-order valence-corrected chi connectivity index (χ1v) is 8.14. The van der Waals surface area contributed by atoms with Crippen molar-refractivity contribution < 1.29 is 13.5 Å². The lowest BCUT2D eigenvalue weighted by molar-refractivity contribution is -0.0493. The molecule has 0 heterocycles. The van der Waals surface area contributed by atoms with Crippen molar-refractivity contribution in [3.8, 4) is 5.75 Å². The van der Waals surface area contributed by atoms with E-state index in [0.29, 0.717) is 22.1 Å². The van der Waals surface area contributed by atoms with Crippen molar-refractivity contribution in [2.24, 2.45) is 4.99 Å². The zero-order valence-electron chi connectivity index (χ0n) is 14.3. The number of anilines is 2. The maximum Gasteiger partial charge on any atom is 0.387 e. The Morgan fingerprint density at radius 3 is 2.68 bits per heavy atom. The van der Waals surface area contributed by atoms with E-state index in [2.05, 4.69) is 15.0 Å². The van der Waals surface area contributed by atoms with E-state index < -0.39 is 6.61 Å². The maximum atomic E-state index is 12.6. The van der Waals surface area contributed by atoms with Crippen LogP contribution in [0.4, 0.5) is 25.8 Å². The fourth-order valence-electron chi connectivity index (χ4n) is 2.09. The Bertz CT molecular complexity index is 753. The van der Waals surface area contributed by atoms with Gasteiger partial charge in [0, 0.05) is 13.6 Å². The molecule has 0 fully saturated rings. The van der Waals surface area contributed by atoms with E-state index in [1.807, 2.05) is 37.9 Å². The lowest BCUT2D eigenvalue weighted by Gasteiger charge is -2.15. The number of halogens is 3. The van der Waals surface area contributed by atoms with Gasteiger partial charge in [-0.3, -0.25) is 0 Å². The number of hydrogen-bond donors (Lipinski definition) is 1. The fourth-order valence-corrected chi connectivity index (χ4v) is 2.30. The lowest BCUT2D eigenvalue weighted by atomic mass is 10.2. The minimum absolute atomic E-state index is 0.0471. The number of para-hydroxylation sites is 2. The summed E-state index contributed by atoms with van der Waals surface area (Å²) in [5.74, 6) is 0.0471. The number of hydrogen-bond acceptors (Lipinski definition) is 3. The molecular formula is C18H20ClF2N3O. The van der Waals surface area contributed by atoms with E-state index in [-0.39, 0.29) is 5.75 Å². The monoisotopic (exact) mass is 367 g/mol. The van der Waals surface area contributed by atoms with E-state index in [0.717, 1.165) is 12.1 Å². The summed E-state index contributed by atoms with van der Waals surface area (Å²) in [5.41, 5.74) is 2.50. The van der Waals surface area contributed by atoms with Crippen LogP contribution in [0.2, 0.25) is 5.02 Å². The number of rotatable bonds is 7. The predicted octanol–water partition coefficient (Wildman–Crippen LogP) is 5.60. The smallest absolute Gasteiger partial charge is 0.387 e. The highest BCUT2D eigenvalue weighted by Crippen LogP contribution is 2.37. The minimum Gasteiger partial charge on any atom is -0.433 e. The van der Waals surface area contributed by atoms with Gasteiger partial charge in [-0.15, -0.1) is 0 Å². The van der Waals surface area contributed by atoms with Gasteiger partial charge in [0.15, 0.2) is 0 Å². The van der Waals surface area contributed by atoms with Gasteiger partial charge in [-0.05, 0) is 43.7 Å². The standard InChI is InChI=1S/C18H20ClF2N3O/c1-4-24(3)11-22-14-9-12(2)10-15(17(14)19)23-13-7-5-6-8-16(13)25-18(20)21/h5-11,18,23H,4H2,1-3H3. The first-order chi connectivity index (χ1) is 11.9. The van der Waals surface area contributed by atoms with E-state index in [9.17, 15) is 8.78 Å². The van der Waals surface area contributed by atoms with Crippen LogP contribution in [0.25, 0.3) is 0 Å². The zero-order valence-corrected chi connectivity index (χ0v) is 15.0. The maximum absolute atomic E-state index is 12.6. The van der Waals surface area contributed by atoms with Gasteiger partial charge in [-0.2, -0.15) is 8.78 Å². The van der Waals surface area contributed by atoms with Gasteiger partial charge in [0.25, 0.3) is 0 Å². The highest BCUT2D eigenvalue weighted by molar-refractivity contribution is 6.36. The van der Waals surface area contributed by atoms with Gasteiger partial charge in [0.2, 0.25) is 0 Å². The van der Waals surface area contributed by atoms with E-state index in [1.165, 1.54) is 6.07 Å². The molecule has 0 aliphatic rings. The number of benzene rings is 2. The summed E-state index contributed by atoms with van der Waals surface area (Å²) in [4.78, 5) is 6.30. The quantitative estimate of drug-likeness (QED) is 0.511. The van der Waals surface area contributed by atoms with Crippen LogP contribution < -0.4 is 10.1 Å². The molecule has 0 amide bonds. The van der Waals surface area contributed by atoms with Crippen LogP contribution in [0.15, 0.2) is 41.4 Å². The Labute approximate surface area is 151 Å². The van der Waals surface area contributed by atoms with E-state index in [4.69, 9.17) is 11.6 Å². The predicted molar refractivity (Wildman–Crippen MR) is 99.0 cm³/mol. The van der Waals surface area contributed by atoms with Gasteiger partial charge in [-0.1, -0.05) is 23.7 Å². The molecule has 1 N–H and O–H groups in total. The molecule has 134 valence electrons. The molecule has 0 aromatic heterocycles. The van der Waals surface area contributed by atoms with Gasteiger partial charge in [0.1, 0.15) is 5.75 Å². The van der Waals surface area contributed by atoms with Crippen molar-refractivity contribution in [3.63, 3.8) is 0 Å². The molecule has 0 atom stereocenters.